The standard InChI is InChI=1S/C21H24ClN3O2/c1-2-19(26)25(15-9-10-15)14-20(27)24-13-12-23-11-5-8-18(23)21(24)16-6-3-4-7-17(16)22/h3-8,11,15,21H,2,9-10,12-14H2,1H3/t21-/m0/s1. The predicted molar refractivity (Wildman–Crippen MR) is 104 cm³/mol. The molecular weight excluding hydrogens is 362 g/mol. The van der Waals surface area contributed by atoms with Gasteiger partial charge in [-0.1, -0.05) is 36.7 Å². The summed E-state index contributed by atoms with van der Waals surface area (Å²) in [5.74, 6) is 0.0431. The maximum atomic E-state index is 13.3. The molecule has 1 aliphatic carbocycles. The molecule has 0 unspecified atom stereocenters. The largest absolute Gasteiger partial charge is 0.348 e. The van der Waals surface area contributed by atoms with Crippen LogP contribution in [0.15, 0.2) is 42.6 Å². The van der Waals surface area contributed by atoms with Crippen molar-refractivity contribution >= 4 is 23.4 Å². The van der Waals surface area contributed by atoms with Crippen LogP contribution in [0.4, 0.5) is 0 Å². The molecular formula is C21H24ClN3O2. The fourth-order valence-electron chi connectivity index (χ4n) is 3.92. The van der Waals surface area contributed by atoms with Crippen LogP contribution < -0.4 is 0 Å². The first-order chi connectivity index (χ1) is 13.1. The second-order valence-electron chi connectivity index (χ2n) is 7.24. The maximum Gasteiger partial charge on any atom is 0.243 e. The molecule has 1 saturated carbocycles. The first-order valence-corrected chi connectivity index (χ1v) is 9.96. The van der Waals surface area contributed by atoms with E-state index in [2.05, 4.69) is 4.57 Å². The highest BCUT2D eigenvalue weighted by Gasteiger charge is 2.37. The molecule has 2 aromatic rings. The van der Waals surface area contributed by atoms with Crippen molar-refractivity contribution in [1.82, 2.24) is 14.4 Å². The van der Waals surface area contributed by atoms with Crippen LogP contribution in [0.1, 0.15) is 43.5 Å². The monoisotopic (exact) mass is 385 g/mol. The van der Waals surface area contributed by atoms with E-state index in [1.54, 1.807) is 4.90 Å². The normalized spacial score (nSPS) is 18.9. The summed E-state index contributed by atoms with van der Waals surface area (Å²) in [5, 5.41) is 0.652. The summed E-state index contributed by atoms with van der Waals surface area (Å²) >= 11 is 6.49. The third kappa shape index (κ3) is 3.48. The second kappa shape index (κ2) is 7.39. The molecule has 142 valence electrons. The Hall–Kier alpha value is -2.27. The maximum absolute atomic E-state index is 13.3. The van der Waals surface area contributed by atoms with E-state index >= 15 is 0 Å². The van der Waals surface area contributed by atoms with Crippen molar-refractivity contribution in [2.75, 3.05) is 13.1 Å². The molecule has 2 heterocycles. The molecule has 0 spiro atoms. The third-order valence-corrected chi connectivity index (χ3v) is 5.82. The van der Waals surface area contributed by atoms with Gasteiger partial charge in [-0.05, 0) is 36.6 Å². The molecule has 1 aliphatic heterocycles. The highest BCUT2D eigenvalue weighted by molar-refractivity contribution is 6.31. The van der Waals surface area contributed by atoms with Crippen LogP contribution in [-0.2, 0) is 16.1 Å². The summed E-state index contributed by atoms with van der Waals surface area (Å²) in [7, 11) is 0. The van der Waals surface area contributed by atoms with Crippen LogP contribution in [-0.4, -0.2) is 45.3 Å². The molecule has 1 aromatic carbocycles. The van der Waals surface area contributed by atoms with Crippen LogP contribution in [0, 0.1) is 0 Å². The van der Waals surface area contributed by atoms with Crippen molar-refractivity contribution in [3.8, 4) is 0 Å². The fourth-order valence-corrected chi connectivity index (χ4v) is 4.16. The Bertz CT molecular complexity index is 859. The van der Waals surface area contributed by atoms with Crippen molar-refractivity contribution in [2.45, 2.75) is 44.8 Å². The number of aromatic nitrogens is 1. The van der Waals surface area contributed by atoms with E-state index in [1.807, 2.05) is 54.4 Å². The van der Waals surface area contributed by atoms with Crippen molar-refractivity contribution in [1.29, 1.82) is 0 Å². The number of fused-ring (bicyclic) bond motifs is 1. The molecule has 1 atom stereocenters. The molecule has 4 rings (SSSR count). The summed E-state index contributed by atoms with van der Waals surface area (Å²) in [5.41, 5.74) is 1.98. The summed E-state index contributed by atoms with van der Waals surface area (Å²) in [4.78, 5) is 29.2. The minimum Gasteiger partial charge on any atom is -0.348 e. The average Bonchev–Trinajstić information content (AvgIpc) is 3.41. The molecule has 0 N–H and O–H groups in total. The number of carbonyl (C=O) groups excluding carboxylic acids is 2. The molecule has 1 fully saturated rings. The van der Waals surface area contributed by atoms with Gasteiger partial charge in [-0.2, -0.15) is 0 Å². The Kier molecular flexibility index (Phi) is 4.96. The van der Waals surface area contributed by atoms with E-state index in [-0.39, 0.29) is 30.4 Å². The first kappa shape index (κ1) is 18.1. The molecule has 5 nitrogen and oxygen atoms in total. The number of halogens is 1. The summed E-state index contributed by atoms with van der Waals surface area (Å²) in [6.07, 6.45) is 4.46. The summed E-state index contributed by atoms with van der Waals surface area (Å²) in [6, 6.07) is 11.7. The van der Waals surface area contributed by atoms with Gasteiger partial charge in [0.15, 0.2) is 0 Å². The van der Waals surface area contributed by atoms with Gasteiger partial charge in [-0.25, -0.2) is 0 Å². The number of hydrogen-bond donors (Lipinski definition) is 0. The van der Waals surface area contributed by atoms with Crippen LogP contribution in [0.3, 0.4) is 0 Å². The van der Waals surface area contributed by atoms with E-state index in [1.165, 1.54) is 0 Å². The fraction of sp³-hybridized carbons (Fsp3) is 0.429. The summed E-state index contributed by atoms with van der Waals surface area (Å²) < 4.78 is 2.17. The van der Waals surface area contributed by atoms with Crippen molar-refractivity contribution < 1.29 is 9.59 Å². The van der Waals surface area contributed by atoms with Crippen molar-refractivity contribution in [3.63, 3.8) is 0 Å². The Balaban J connectivity index is 1.65. The van der Waals surface area contributed by atoms with Gasteiger partial charge in [0.05, 0.1) is 6.04 Å². The number of nitrogens with zero attached hydrogens (tertiary/aromatic N) is 3. The molecule has 0 bridgehead atoms. The number of carbonyl (C=O) groups is 2. The number of amides is 2. The minimum absolute atomic E-state index is 0.0129. The Morgan fingerprint density at radius 2 is 1.93 bits per heavy atom. The van der Waals surface area contributed by atoms with Gasteiger partial charge in [0.1, 0.15) is 6.54 Å². The lowest BCUT2D eigenvalue weighted by Crippen LogP contribution is -2.48. The molecule has 1 aromatic heterocycles. The smallest absolute Gasteiger partial charge is 0.243 e. The number of hydrogen-bond acceptors (Lipinski definition) is 2. The van der Waals surface area contributed by atoms with E-state index in [0.717, 1.165) is 30.6 Å². The zero-order valence-electron chi connectivity index (χ0n) is 15.5. The highest BCUT2D eigenvalue weighted by Crippen LogP contribution is 2.36. The molecule has 2 aliphatic rings. The van der Waals surface area contributed by atoms with Gasteiger partial charge in [-0.3, -0.25) is 9.59 Å². The summed E-state index contributed by atoms with van der Waals surface area (Å²) in [6.45, 7) is 3.36. The third-order valence-electron chi connectivity index (χ3n) is 5.47. The topological polar surface area (TPSA) is 45.6 Å². The van der Waals surface area contributed by atoms with Crippen molar-refractivity contribution in [2.24, 2.45) is 0 Å². The second-order valence-corrected chi connectivity index (χ2v) is 7.65. The van der Waals surface area contributed by atoms with Gasteiger partial charge in [0.25, 0.3) is 0 Å². The lowest BCUT2D eigenvalue weighted by atomic mass is 9.99. The Labute approximate surface area is 164 Å². The van der Waals surface area contributed by atoms with Gasteiger partial charge >= 0.3 is 0 Å². The van der Waals surface area contributed by atoms with E-state index in [4.69, 9.17) is 11.6 Å². The molecule has 27 heavy (non-hydrogen) atoms. The number of rotatable bonds is 5. The lowest BCUT2D eigenvalue weighted by molar-refractivity contribution is -0.142. The highest BCUT2D eigenvalue weighted by atomic mass is 35.5. The van der Waals surface area contributed by atoms with E-state index < -0.39 is 0 Å². The van der Waals surface area contributed by atoms with E-state index in [9.17, 15) is 9.59 Å². The average molecular weight is 386 g/mol. The zero-order valence-corrected chi connectivity index (χ0v) is 16.2. The van der Waals surface area contributed by atoms with Gasteiger partial charge in [-0.15, -0.1) is 0 Å². The zero-order chi connectivity index (χ0) is 19.0. The Morgan fingerprint density at radius 1 is 1.15 bits per heavy atom. The molecule has 0 saturated heterocycles. The van der Waals surface area contributed by atoms with Crippen LogP contribution in [0.2, 0.25) is 5.02 Å². The molecule has 2 amide bonds. The first-order valence-electron chi connectivity index (χ1n) is 9.58. The quantitative estimate of drug-likeness (QED) is 0.791. The van der Waals surface area contributed by atoms with Gasteiger partial charge < -0.3 is 14.4 Å². The predicted octanol–water partition coefficient (Wildman–Crippen LogP) is 3.47. The van der Waals surface area contributed by atoms with Gasteiger partial charge in [0, 0.05) is 42.5 Å². The van der Waals surface area contributed by atoms with E-state index in [0.29, 0.717) is 18.0 Å². The van der Waals surface area contributed by atoms with Crippen LogP contribution >= 0.6 is 11.6 Å². The SMILES string of the molecule is CCC(=O)N(CC(=O)N1CCn2cccc2[C@@H]1c1ccccc1Cl)C1CC1. The number of benzene rings is 1. The molecule has 6 heteroatoms. The van der Waals surface area contributed by atoms with Crippen LogP contribution in [0.5, 0.6) is 0 Å². The minimum atomic E-state index is -0.229. The lowest BCUT2D eigenvalue weighted by Gasteiger charge is -2.38. The van der Waals surface area contributed by atoms with Crippen LogP contribution in [0.25, 0.3) is 0 Å². The Morgan fingerprint density at radius 3 is 2.63 bits per heavy atom. The van der Waals surface area contributed by atoms with Crippen molar-refractivity contribution in [3.05, 3.63) is 58.9 Å². The molecule has 0 radical (unpaired) electrons. The van der Waals surface area contributed by atoms with Gasteiger partial charge in [0.2, 0.25) is 11.8 Å².